The van der Waals surface area contributed by atoms with E-state index < -0.39 is 11.5 Å². The predicted molar refractivity (Wildman–Crippen MR) is 134 cm³/mol. The fraction of sp³-hybridized carbons (Fsp3) is 0.231. The minimum atomic E-state index is -1.70. The fourth-order valence-corrected chi connectivity index (χ4v) is 4.43. The second kappa shape index (κ2) is 8.79. The third-order valence-electron chi connectivity index (χ3n) is 6.61. The lowest BCUT2D eigenvalue weighted by Gasteiger charge is -2.16. The molecule has 186 valence electrons. The van der Waals surface area contributed by atoms with Crippen LogP contribution in [0.5, 0.6) is 0 Å². The molecule has 1 aliphatic heterocycles. The molecule has 2 N–H and O–H groups in total. The van der Waals surface area contributed by atoms with Gasteiger partial charge in [0.05, 0.1) is 23.1 Å². The molecular weight excluding hydrogens is 472 g/mol. The van der Waals surface area contributed by atoms with Crippen LogP contribution in [0.1, 0.15) is 30.7 Å². The number of likely N-dealkylation sites (tertiary alicyclic amines) is 1. The molecule has 2 atom stereocenters. The first-order valence-corrected chi connectivity index (χ1v) is 11.9. The molecule has 1 amide bonds. The number of carbonyl (C=O) groups is 1. The van der Waals surface area contributed by atoms with Crippen LogP contribution in [0, 0.1) is 0 Å². The van der Waals surface area contributed by atoms with Gasteiger partial charge in [-0.15, -0.1) is 0 Å². The van der Waals surface area contributed by atoms with Crippen molar-refractivity contribution >= 4 is 17.5 Å². The van der Waals surface area contributed by atoms with Gasteiger partial charge in [0, 0.05) is 50.9 Å². The number of rotatable bonds is 6. The van der Waals surface area contributed by atoms with Crippen molar-refractivity contribution in [2.45, 2.75) is 25.0 Å². The first-order valence-electron chi connectivity index (χ1n) is 11.9. The van der Waals surface area contributed by atoms with Crippen LogP contribution >= 0.6 is 0 Å². The molecule has 11 nitrogen and oxygen atoms in total. The van der Waals surface area contributed by atoms with Crippen molar-refractivity contribution in [1.29, 1.82) is 0 Å². The second-order valence-electron chi connectivity index (χ2n) is 9.11. The lowest BCUT2D eigenvalue weighted by molar-refractivity contribution is -0.144. The Morgan fingerprint density at radius 2 is 1.86 bits per heavy atom. The van der Waals surface area contributed by atoms with Gasteiger partial charge < -0.3 is 24.2 Å². The molecule has 5 aromatic rings. The van der Waals surface area contributed by atoms with E-state index in [0.717, 1.165) is 11.2 Å². The normalized spacial score (nSPS) is 18.5. The van der Waals surface area contributed by atoms with Crippen molar-refractivity contribution in [3.63, 3.8) is 0 Å². The van der Waals surface area contributed by atoms with Gasteiger partial charge in [-0.3, -0.25) is 4.79 Å². The first kappa shape index (κ1) is 22.8. The van der Waals surface area contributed by atoms with Gasteiger partial charge >= 0.3 is 0 Å². The monoisotopic (exact) mass is 496 g/mol. The predicted octanol–water partition coefficient (Wildman–Crippen LogP) is 3.06. The second-order valence-corrected chi connectivity index (χ2v) is 9.11. The molecular formula is C26H24N8O3. The minimum absolute atomic E-state index is 0.0435. The molecule has 5 aromatic heterocycles. The quantitative estimate of drug-likeness (QED) is 0.364. The largest absolute Gasteiger partial charge is 0.373 e. The number of aromatic nitrogens is 6. The maximum Gasteiger partial charge on any atom is 0.262 e. The van der Waals surface area contributed by atoms with Crippen molar-refractivity contribution in [3.8, 4) is 22.8 Å². The molecule has 0 aromatic carbocycles. The molecule has 6 heterocycles. The van der Waals surface area contributed by atoms with Crippen LogP contribution in [0.2, 0.25) is 0 Å². The van der Waals surface area contributed by atoms with Gasteiger partial charge in [-0.25, -0.2) is 19.9 Å². The van der Waals surface area contributed by atoms with E-state index in [1.807, 2.05) is 48.0 Å². The summed E-state index contributed by atoms with van der Waals surface area (Å²) in [6.07, 6.45) is 7.62. The van der Waals surface area contributed by atoms with Gasteiger partial charge in [-0.2, -0.15) is 0 Å². The lowest BCUT2D eigenvalue weighted by Crippen LogP contribution is -2.35. The summed E-state index contributed by atoms with van der Waals surface area (Å²) in [5.41, 5.74) is 2.45. The Balaban J connectivity index is 1.23. The Kier molecular flexibility index (Phi) is 5.41. The summed E-state index contributed by atoms with van der Waals surface area (Å²) >= 11 is 0. The third-order valence-corrected chi connectivity index (χ3v) is 6.61. The molecule has 0 spiro atoms. The number of amides is 1. The molecule has 1 fully saturated rings. The first-order chi connectivity index (χ1) is 17.9. The van der Waals surface area contributed by atoms with E-state index in [1.165, 1.54) is 4.90 Å². The summed E-state index contributed by atoms with van der Waals surface area (Å²) in [4.78, 5) is 31.9. The van der Waals surface area contributed by atoms with Gasteiger partial charge in [0.2, 0.25) is 11.5 Å². The molecule has 1 aliphatic rings. The Bertz CT molecular complexity index is 1610. The number of anilines is 1. The van der Waals surface area contributed by atoms with E-state index in [1.54, 1.807) is 37.6 Å². The zero-order valence-electron chi connectivity index (χ0n) is 20.2. The van der Waals surface area contributed by atoms with Crippen LogP contribution < -0.4 is 5.32 Å². The number of nitrogens with one attached hydrogen (secondary N) is 1. The number of pyridine rings is 2. The highest BCUT2D eigenvalue weighted by atomic mass is 16.5. The lowest BCUT2D eigenvalue weighted by atomic mass is 9.98. The van der Waals surface area contributed by atoms with Gasteiger partial charge in [0.15, 0.2) is 5.76 Å². The third kappa shape index (κ3) is 4.08. The van der Waals surface area contributed by atoms with Gasteiger partial charge in [0.1, 0.15) is 11.3 Å². The van der Waals surface area contributed by atoms with Crippen LogP contribution in [-0.2, 0) is 10.4 Å². The highest BCUT2D eigenvalue weighted by Crippen LogP contribution is 2.34. The Hall–Kier alpha value is -4.64. The van der Waals surface area contributed by atoms with E-state index in [-0.39, 0.29) is 18.2 Å². The maximum absolute atomic E-state index is 12.4. The molecule has 1 unspecified atom stereocenters. The summed E-state index contributed by atoms with van der Waals surface area (Å²) < 4.78 is 7.34. The van der Waals surface area contributed by atoms with Gasteiger partial charge in [0.25, 0.3) is 5.91 Å². The van der Waals surface area contributed by atoms with Crippen molar-refractivity contribution < 1.29 is 14.4 Å². The molecule has 37 heavy (non-hydrogen) atoms. The number of carbonyl (C=O) groups excluding carboxylic acids is 1. The number of imidazole rings is 1. The Morgan fingerprint density at radius 1 is 1.05 bits per heavy atom. The van der Waals surface area contributed by atoms with Crippen LogP contribution in [0.3, 0.4) is 0 Å². The zero-order chi connectivity index (χ0) is 25.6. The van der Waals surface area contributed by atoms with E-state index in [9.17, 15) is 9.90 Å². The average Bonchev–Trinajstić information content (AvgIpc) is 3.66. The smallest absolute Gasteiger partial charge is 0.262 e. The average molecular weight is 497 g/mol. The van der Waals surface area contributed by atoms with E-state index in [0.29, 0.717) is 35.3 Å². The van der Waals surface area contributed by atoms with Crippen LogP contribution in [0.4, 0.5) is 5.95 Å². The molecule has 11 heteroatoms. The summed E-state index contributed by atoms with van der Waals surface area (Å²) in [5.74, 6) is 0.176. The maximum atomic E-state index is 12.4. The number of fused-ring (bicyclic) bond motifs is 1. The standard InChI is InChI=1S/C26H24N8O3/c1-16(17-6-7-23-27-11-13-34(23)15-17)29-25-28-10-8-20(31-25)18-4-3-5-19(30-18)21-14-22(37-32-21)26(36)9-12-33(2)24(26)35/h3-8,10-11,13-16,36H,9,12H2,1-2H3,(H,28,29,31)/t16?,26-/m1/s1. The van der Waals surface area contributed by atoms with Crippen LogP contribution in [-0.4, -0.2) is 59.0 Å². The number of hydrogen-bond acceptors (Lipinski definition) is 9. The van der Waals surface area contributed by atoms with E-state index in [4.69, 9.17) is 4.52 Å². The number of aliphatic hydroxyl groups is 1. The number of likely N-dealkylation sites (N-methyl/N-ethyl adjacent to an activating group) is 1. The minimum Gasteiger partial charge on any atom is -0.373 e. The van der Waals surface area contributed by atoms with E-state index >= 15 is 0 Å². The summed E-state index contributed by atoms with van der Waals surface area (Å²) in [6, 6.07) is 12.8. The highest BCUT2D eigenvalue weighted by Gasteiger charge is 2.48. The summed E-state index contributed by atoms with van der Waals surface area (Å²) in [5, 5.41) is 18.2. The Labute approximate surface area is 211 Å². The van der Waals surface area contributed by atoms with Crippen molar-refractivity contribution in [2.75, 3.05) is 18.9 Å². The van der Waals surface area contributed by atoms with Crippen LogP contribution in [0.25, 0.3) is 28.4 Å². The topological polar surface area (TPSA) is 135 Å². The van der Waals surface area contributed by atoms with E-state index in [2.05, 4.69) is 30.4 Å². The molecule has 1 saturated heterocycles. The van der Waals surface area contributed by atoms with Crippen molar-refractivity contribution in [3.05, 3.63) is 78.6 Å². The SMILES string of the molecule is CC(Nc1nccc(-c2cccc(-c3cc([C@]4(O)CCN(C)C4=O)on3)n2)n1)c1ccc2nccn2c1. The summed E-state index contributed by atoms with van der Waals surface area (Å²) in [6.45, 7) is 2.48. The number of nitrogens with zero attached hydrogens (tertiary/aromatic N) is 7. The van der Waals surface area contributed by atoms with Crippen LogP contribution in [0.15, 0.2) is 71.8 Å². The molecule has 6 rings (SSSR count). The van der Waals surface area contributed by atoms with Crippen molar-refractivity contribution in [2.24, 2.45) is 0 Å². The van der Waals surface area contributed by atoms with Gasteiger partial charge in [-0.05, 0) is 36.8 Å². The molecule has 0 aliphatic carbocycles. The summed E-state index contributed by atoms with van der Waals surface area (Å²) in [7, 11) is 1.65. The molecule has 0 radical (unpaired) electrons. The Morgan fingerprint density at radius 3 is 2.68 bits per heavy atom. The van der Waals surface area contributed by atoms with Crippen molar-refractivity contribution in [1.82, 2.24) is 34.4 Å². The molecule has 0 bridgehead atoms. The highest BCUT2D eigenvalue weighted by molar-refractivity contribution is 5.87. The van der Waals surface area contributed by atoms with Gasteiger partial charge in [-0.1, -0.05) is 17.3 Å². The molecule has 0 saturated carbocycles. The zero-order valence-corrected chi connectivity index (χ0v) is 20.2. The number of hydrogen-bond donors (Lipinski definition) is 2. The fourth-order valence-electron chi connectivity index (χ4n) is 4.43.